The number of aliphatic hydroxyl groups is 1. The molecule has 0 radical (unpaired) electrons. The number of carbonyl (C=O) groups excluding carboxylic acids is 1. The van der Waals surface area contributed by atoms with Crippen molar-refractivity contribution in [3.8, 4) is 5.75 Å². The van der Waals surface area contributed by atoms with E-state index >= 15 is 0 Å². The zero-order valence-corrected chi connectivity index (χ0v) is 24.1. The van der Waals surface area contributed by atoms with Crippen LogP contribution < -0.4 is 25.6 Å². The predicted molar refractivity (Wildman–Crippen MR) is 159 cm³/mol. The van der Waals surface area contributed by atoms with Crippen LogP contribution in [0.3, 0.4) is 0 Å². The number of nitrogens with zero attached hydrogens (tertiary/aromatic N) is 4. The predicted octanol–water partition coefficient (Wildman–Crippen LogP) is 4.87. The highest BCUT2D eigenvalue weighted by atomic mass is 35.5. The van der Waals surface area contributed by atoms with E-state index in [0.717, 1.165) is 25.3 Å². The first-order valence-electron chi connectivity index (χ1n) is 13.2. The minimum absolute atomic E-state index is 0.0931. The van der Waals surface area contributed by atoms with E-state index in [-0.39, 0.29) is 16.9 Å². The molecule has 3 aromatic rings. The second kappa shape index (κ2) is 11.2. The summed E-state index contributed by atoms with van der Waals surface area (Å²) in [6, 6.07) is 8.39. The molecule has 0 aliphatic carbocycles. The maximum absolute atomic E-state index is 14.2. The number of likely N-dealkylation sites (N-methyl/N-ethyl adjacent to an activating group) is 1. The van der Waals surface area contributed by atoms with E-state index in [1.165, 1.54) is 18.2 Å². The Labute approximate surface area is 243 Å². The minimum Gasteiger partial charge on any atom is -0.494 e. The van der Waals surface area contributed by atoms with Crippen molar-refractivity contribution in [2.24, 2.45) is 5.92 Å². The molecule has 2 fully saturated rings. The van der Waals surface area contributed by atoms with Gasteiger partial charge in [-0.2, -0.15) is 4.98 Å². The quantitative estimate of drug-likeness (QED) is 0.263. The normalized spacial score (nSPS) is 18.4. The molecule has 5 rings (SSSR count). The van der Waals surface area contributed by atoms with E-state index in [2.05, 4.69) is 49.3 Å². The molecule has 2 atom stereocenters. The number of amides is 1. The maximum Gasteiger partial charge on any atom is 0.247 e. The smallest absolute Gasteiger partial charge is 0.247 e. The Morgan fingerprint density at radius 3 is 2.63 bits per heavy atom. The number of hydrogen-bond acceptors (Lipinski definition) is 9. The number of carbonyl (C=O) groups is 1. The van der Waals surface area contributed by atoms with E-state index < -0.39 is 11.4 Å². The van der Waals surface area contributed by atoms with Gasteiger partial charge in [0.25, 0.3) is 0 Å². The Morgan fingerprint density at radius 1 is 1.20 bits per heavy atom. The topological polar surface area (TPSA) is 115 Å². The Hall–Kier alpha value is -3.93. The van der Waals surface area contributed by atoms with Gasteiger partial charge in [-0.15, -0.1) is 0 Å². The van der Waals surface area contributed by atoms with Crippen molar-refractivity contribution in [1.29, 1.82) is 0 Å². The van der Waals surface area contributed by atoms with Gasteiger partial charge >= 0.3 is 0 Å². The Morgan fingerprint density at radius 2 is 1.98 bits per heavy atom. The van der Waals surface area contributed by atoms with Gasteiger partial charge in [0.15, 0.2) is 0 Å². The van der Waals surface area contributed by atoms with Gasteiger partial charge in [-0.05, 0) is 51.2 Å². The molecule has 2 saturated heterocycles. The molecule has 0 spiro atoms. The molecule has 2 aliphatic heterocycles. The van der Waals surface area contributed by atoms with Crippen molar-refractivity contribution < 1.29 is 19.0 Å². The molecule has 0 saturated carbocycles. The zero-order chi connectivity index (χ0) is 29.5. The zero-order valence-electron chi connectivity index (χ0n) is 23.3. The van der Waals surface area contributed by atoms with Crippen molar-refractivity contribution in [2.45, 2.75) is 25.5 Å². The van der Waals surface area contributed by atoms with E-state index in [9.17, 15) is 14.3 Å². The van der Waals surface area contributed by atoms with Crippen LogP contribution >= 0.6 is 11.6 Å². The molecule has 41 heavy (non-hydrogen) atoms. The molecule has 3 heterocycles. The summed E-state index contributed by atoms with van der Waals surface area (Å²) in [6.07, 6.45) is 2.77. The fourth-order valence-corrected chi connectivity index (χ4v) is 5.55. The lowest BCUT2D eigenvalue weighted by molar-refractivity contribution is -0.111. The van der Waals surface area contributed by atoms with E-state index in [1.807, 2.05) is 6.07 Å². The summed E-state index contributed by atoms with van der Waals surface area (Å²) in [5.41, 5.74) is 1.37. The van der Waals surface area contributed by atoms with Gasteiger partial charge in [0.1, 0.15) is 17.4 Å². The molecule has 2 aliphatic rings. The summed E-state index contributed by atoms with van der Waals surface area (Å²) in [5, 5.41) is 19.7. The minimum atomic E-state index is -1.34. The molecule has 10 nitrogen and oxygen atoms in total. The number of ether oxygens (including phenoxy) is 1. The Balaban J connectivity index is 1.45. The first-order valence-corrected chi connectivity index (χ1v) is 13.5. The van der Waals surface area contributed by atoms with Crippen LogP contribution in [0, 0.1) is 11.7 Å². The van der Waals surface area contributed by atoms with Crippen LogP contribution in [0.5, 0.6) is 5.75 Å². The number of fused-ring (bicyclic) bond motifs is 1. The van der Waals surface area contributed by atoms with Gasteiger partial charge in [-0.1, -0.05) is 18.2 Å². The van der Waals surface area contributed by atoms with Crippen LogP contribution in [0.25, 0.3) is 0 Å². The summed E-state index contributed by atoms with van der Waals surface area (Å²) in [4.78, 5) is 25.8. The highest BCUT2D eigenvalue weighted by Gasteiger charge is 2.44. The average molecular weight is 582 g/mol. The summed E-state index contributed by atoms with van der Waals surface area (Å²) < 4.78 is 19.9. The lowest BCUT2D eigenvalue weighted by Crippen LogP contribution is -2.52. The van der Waals surface area contributed by atoms with Crippen LogP contribution in [-0.2, 0) is 10.4 Å². The monoisotopic (exact) mass is 581 g/mol. The van der Waals surface area contributed by atoms with Gasteiger partial charge in [-0.3, -0.25) is 4.79 Å². The molecule has 12 heteroatoms. The van der Waals surface area contributed by atoms with Crippen LogP contribution in [0.15, 0.2) is 49.2 Å². The summed E-state index contributed by atoms with van der Waals surface area (Å²) in [5.74, 6) is 0.778. The largest absolute Gasteiger partial charge is 0.494 e. The summed E-state index contributed by atoms with van der Waals surface area (Å²) in [7, 11) is 3.70. The molecule has 1 aromatic heterocycles. The number of hydrogen-bond donors (Lipinski definition) is 4. The maximum atomic E-state index is 14.2. The van der Waals surface area contributed by atoms with Crippen LogP contribution in [0.2, 0.25) is 5.02 Å². The standard InChI is InChI=1S/C29H33ClFN7O3/c1-6-27(39)34-21-11-22(25(41-5)12-23(21)38-14-16-13-37(4)24(16)15-38)35-28-32-8-7-26(36-28)33-20-10-18(30)19(31)9-17(20)29(2,3)40/h6-12,16,24,40H,1,13-15H2,2-5H3,(H,34,39)(H2,32,33,35,36)/t16-,24+/m1/s1. The molecular weight excluding hydrogens is 549 g/mol. The molecule has 216 valence electrons. The van der Waals surface area contributed by atoms with Crippen molar-refractivity contribution in [1.82, 2.24) is 14.9 Å². The molecular formula is C29H33ClFN7O3. The first-order chi connectivity index (χ1) is 19.5. The van der Waals surface area contributed by atoms with Crippen LogP contribution in [0.4, 0.5) is 38.9 Å². The van der Waals surface area contributed by atoms with Crippen LogP contribution in [-0.4, -0.2) is 65.7 Å². The van der Waals surface area contributed by atoms with E-state index in [1.54, 1.807) is 39.3 Å². The van der Waals surface area contributed by atoms with Gasteiger partial charge < -0.3 is 35.6 Å². The average Bonchev–Trinajstić information content (AvgIpc) is 3.27. The van der Waals surface area contributed by atoms with Crippen molar-refractivity contribution in [2.75, 3.05) is 54.6 Å². The number of likely N-dealkylation sites (tertiary alicyclic amines) is 1. The lowest BCUT2D eigenvalue weighted by Gasteiger charge is -2.40. The number of methoxy groups -OCH3 is 1. The van der Waals surface area contributed by atoms with Crippen molar-refractivity contribution in [3.05, 3.63) is 65.6 Å². The highest BCUT2D eigenvalue weighted by molar-refractivity contribution is 6.31. The SMILES string of the molecule is C=CC(=O)Nc1cc(Nc2nccc(Nc3cc(Cl)c(F)cc3C(C)(C)O)n2)c(OC)cc1N1C[C@H]2CN(C)[C@H]2C1. The number of anilines is 6. The number of nitrogens with one attached hydrogen (secondary N) is 3. The molecule has 0 bridgehead atoms. The lowest BCUT2D eigenvalue weighted by atomic mass is 9.93. The van der Waals surface area contributed by atoms with Crippen LogP contribution in [0.1, 0.15) is 19.4 Å². The summed E-state index contributed by atoms with van der Waals surface area (Å²) >= 11 is 6.02. The molecule has 1 amide bonds. The Bertz CT molecular complexity index is 1500. The fourth-order valence-electron chi connectivity index (χ4n) is 5.38. The van der Waals surface area contributed by atoms with E-state index in [0.29, 0.717) is 46.2 Å². The van der Waals surface area contributed by atoms with Crippen molar-refractivity contribution in [3.63, 3.8) is 0 Å². The number of rotatable bonds is 9. The second-order valence-corrected chi connectivity index (χ2v) is 11.2. The van der Waals surface area contributed by atoms with Gasteiger partial charge in [0, 0.05) is 55.1 Å². The van der Waals surface area contributed by atoms with Gasteiger partial charge in [-0.25, -0.2) is 9.37 Å². The molecule has 2 aromatic carbocycles. The number of aromatic nitrogens is 2. The highest BCUT2D eigenvalue weighted by Crippen LogP contribution is 2.42. The number of benzene rings is 2. The third-order valence-corrected chi connectivity index (χ3v) is 7.77. The third kappa shape index (κ3) is 5.92. The fraction of sp³-hybridized carbons (Fsp3) is 0.345. The second-order valence-electron chi connectivity index (χ2n) is 10.8. The molecule has 4 N–H and O–H groups in total. The van der Waals surface area contributed by atoms with Crippen molar-refractivity contribution >= 4 is 52.0 Å². The number of halogens is 2. The summed E-state index contributed by atoms with van der Waals surface area (Å²) in [6.45, 7) is 9.48. The first kappa shape index (κ1) is 28.6. The third-order valence-electron chi connectivity index (χ3n) is 7.48. The van der Waals surface area contributed by atoms with Gasteiger partial charge in [0.05, 0.1) is 34.8 Å². The Kier molecular flexibility index (Phi) is 7.78. The van der Waals surface area contributed by atoms with Gasteiger partial charge in [0.2, 0.25) is 11.9 Å². The molecule has 0 unspecified atom stereocenters. The van der Waals surface area contributed by atoms with E-state index in [4.69, 9.17) is 16.3 Å².